The summed E-state index contributed by atoms with van der Waals surface area (Å²) in [6.07, 6.45) is 4.06. The lowest BCUT2D eigenvalue weighted by Gasteiger charge is -2.34. The topological polar surface area (TPSA) is 59.6 Å². The SMILES string of the molecule is COC1(C(=O)NCCOCC2CC2)CCNCC1.Cl. The molecule has 0 unspecified atom stereocenters. The van der Waals surface area contributed by atoms with E-state index in [1.807, 2.05) is 0 Å². The number of rotatable bonds is 7. The summed E-state index contributed by atoms with van der Waals surface area (Å²) >= 11 is 0. The van der Waals surface area contributed by atoms with E-state index in [2.05, 4.69) is 10.6 Å². The van der Waals surface area contributed by atoms with Crippen molar-refractivity contribution in [2.45, 2.75) is 31.3 Å². The summed E-state index contributed by atoms with van der Waals surface area (Å²) in [4.78, 5) is 12.1. The zero-order valence-electron chi connectivity index (χ0n) is 11.6. The van der Waals surface area contributed by atoms with E-state index in [1.165, 1.54) is 12.8 Å². The molecule has 5 nitrogen and oxygen atoms in total. The molecule has 2 fully saturated rings. The smallest absolute Gasteiger partial charge is 0.252 e. The third-order valence-electron chi connectivity index (χ3n) is 3.80. The Kier molecular flexibility index (Phi) is 7.07. The first-order valence-corrected chi connectivity index (χ1v) is 6.89. The highest BCUT2D eigenvalue weighted by molar-refractivity contribution is 5.85. The summed E-state index contributed by atoms with van der Waals surface area (Å²) < 4.78 is 10.9. The van der Waals surface area contributed by atoms with Gasteiger partial charge in [0.05, 0.1) is 6.61 Å². The van der Waals surface area contributed by atoms with Crippen LogP contribution in [0, 0.1) is 5.92 Å². The molecule has 2 aliphatic rings. The van der Waals surface area contributed by atoms with E-state index in [1.54, 1.807) is 7.11 Å². The average molecular weight is 293 g/mol. The fourth-order valence-electron chi connectivity index (χ4n) is 2.29. The van der Waals surface area contributed by atoms with Crippen LogP contribution in [0.3, 0.4) is 0 Å². The third-order valence-corrected chi connectivity index (χ3v) is 3.80. The number of carbonyl (C=O) groups is 1. The van der Waals surface area contributed by atoms with Gasteiger partial charge in [-0.3, -0.25) is 4.79 Å². The number of carbonyl (C=O) groups excluding carboxylic acids is 1. The first-order valence-electron chi connectivity index (χ1n) is 6.89. The van der Waals surface area contributed by atoms with Gasteiger partial charge in [-0.25, -0.2) is 0 Å². The van der Waals surface area contributed by atoms with Crippen LogP contribution in [-0.2, 0) is 14.3 Å². The Balaban J connectivity index is 0.00000180. The average Bonchev–Trinajstić information content (AvgIpc) is 3.23. The zero-order valence-corrected chi connectivity index (χ0v) is 12.4. The molecule has 0 aromatic rings. The van der Waals surface area contributed by atoms with Crippen molar-refractivity contribution < 1.29 is 14.3 Å². The normalized spacial score (nSPS) is 21.5. The van der Waals surface area contributed by atoms with E-state index >= 15 is 0 Å². The first kappa shape index (κ1) is 16.7. The number of amides is 1. The van der Waals surface area contributed by atoms with Gasteiger partial charge in [-0.1, -0.05) is 0 Å². The van der Waals surface area contributed by atoms with Gasteiger partial charge < -0.3 is 20.1 Å². The van der Waals surface area contributed by atoms with Crippen LogP contribution in [0.25, 0.3) is 0 Å². The van der Waals surface area contributed by atoms with Gasteiger partial charge in [0.1, 0.15) is 5.60 Å². The van der Waals surface area contributed by atoms with Crippen LogP contribution in [0.1, 0.15) is 25.7 Å². The van der Waals surface area contributed by atoms with Crippen molar-refractivity contribution in [2.24, 2.45) is 5.92 Å². The van der Waals surface area contributed by atoms with Crippen LogP contribution < -0.4 is 10.6 Å². The van der Waals surface area contributed by atoms with E-state index in [0.29, 0.717) is 13.2 Å². The second-order valence-electron chi connectivity index (χ2n) is 5.22. The molecule has 0 atom stereocenters. The van der Waals surface area contributed by atoms with Crippen LogP contribution >= 0.6 is 12.4 Å². The molecular weight excluding hydrogens is 268 g/mol. The molecule has 1 amide bonds. The van der Waals surface area contributed by atoms with E-state index in [9.17, 15) is 4.79 Å². The maximum Gasteiger partial charge on any atom is 0.252 e. The van der Waals surface area contributed by atoms with Gasteiger partial charge in [0.15, 0.2) is 0 Å². The van der Waals surface area contributed by atoms with Crippen LogP contribution in [0.2, 0.25) is 0 Å². The third kappa shape index (κ3) is 4.91. The van der Waals surface area contributed by atoms with Crippen molar-refractivity contribution in [1.29, 1.82) is 0 Å². The van der Waals surface area contributed by atoms with Crippen molar-refractivity contribution in [3.05, 3.63) is 0 Å². The van der Waals surface area contributed by atoms with E-state index in [0.717, 1.165) is 38.5 Å². The van der Waals surface area contributed by atoms with Crippen LogP contribution in [0.5, 0.6) is 0 Å². The monoisotopic (exact) mass is 292 g/mol. The number of piperidine rings is 1. The molecule has 0 spiro atoms. The molecule has 112 valence electrons. The lowest BCUT2D eigenvalue weighted by atomic mass is 9.91. The molecular formula is C13H25ClN2O3. The predicted molar refractivity (Wildman–Crippen MR) is 75.6 cm³/mol. The van der Waals surface area contributed by atoms with Crippen molar-refractivity contribution in [2.75, 3.05) is 40.0 Å². The fourth-order valence-corrected chi connectivity index (χ4v) is 2.29. The number of methoxy groups -OCH3 is 1. The number of hydrogen-bond donors (Lipinski definition) is 2. The molecule has 0 bridgehead atoms. The number of hydrogen-bond acceptors (Lipinski definition) is 4. The highest BCUT2D eigenvalue weighted by Crippen LogP contribution is 2.28. The minimum absolute atomic E-state index is 0. The van der Waals surface area contributed by atoms with Gasteiger partial charge in [0.25, 0.3) is 5.91 Å². The molecule has 1 aliphatic carbocycles. The predicted octanol–water partition coefficient (Wildman–Crippen LogP) is 0.720. The lowest BCUT2D eigenvalue weighted by Crippen LogP contribution is -2.54. The molecule has 1 heterocycles. The van der Waals surface area contributed by atoms with Crippen molar-refractivity contribution in [3.63, 3.8) is 0 Å². The standard InChI is InChI=1S/C13H24N2O3.ClH/c1-17-13(4-6-14-7-5-13)12(16)15-8-9-18-10-11-2-3-11;/h11,14H,2-10H2,1H3,(H,15,16);1H. The largest absolute Gasteiger partial charge is 0.379 e. The molecule has 19 heavy (non-hydrogen) atoms. The highest BCUT2D eigenvalue weighted by atomic mass is 35.5. The van der Waals surface area contributed by atoms with Crippen molar-refractivity contribution in [3.8, 4) is 0 Å². The Hall–Kier alpha value is -0.360. The van der Waals surface area contributed by atoms with Crippen LogP contribution in [0.15, 0.2) is 0 Å². The molecule has 2 rings (SSSR count). The van der Waals surface area contributed by atoms with Crippen LogP contribution in [-0.4, -0.2) is 51.5 Å². The first-order chi connectivity index (χ1) is 8.77. The summed E-state index contributed by atoms with van der Waals surface area (Å²) in [5, 5.41) is 6.16. The number of halogens is 1. The summed E-state index contributed by atoms with van der Waals surface area (Å²) in [6.45, 7) is 3.68. The second kappa shape index (κ2) is 8.04. The Labute approximate surface area is 121 Å². The maximum absolute atomic E-state index is 12.1. The molecule has 0 radical (unpaired) electrons. The van der Waals surface area contributed by atoms with Crippen molar-refractivity contribution in [1.82, 2.24) is 10.6 Å². The van der Waals surface area contributed by atoms with Gasteiger partial charge >= 0.3 is 0 Å². The second-order valence-corrected chi connectivity index (χ2v) is 5.22. The summed E-state index contributed by atoms with van der Waals surface area (Å²) in [6, 6.07) is 0. The Bertz CT molecular complexity index is 279. The van der Waals surface area contributed by atoms with E-state index in [-0.39, 0.29) is 18.3 Å². The Morgan fingerprint density at radius 2 is 2.05 bits per heavy atom. The quantitative estimate of drug-likeness (QED) is 0.679. The minimum atomic E-state index is -0.637. The molecule has 6 heteroatoms. The number of nitrogens with one attached hydrogen (secondary N) is 2. The summed E-state index contributed by atoms with van der Waals surface area (Å²) in [5.74, 6) is 0.775. The van der Waals surface area contributed by atoms with Gasteiger partial charge in [0.2, 0.25) is 0 Å². The number of ether oxygens (including phenoxy) is 2. The van der Waals surface area contributed by atoms with Gasteiger partial charge in [-0.2, -0.15) is 0 Å². The molecule has 1 saturated carbocycles. The lowest BCUT2D eigenvalue weighted by molar-refractivity contribution is -0.146. The van der Waals surface area contributed by atoms with Gasteiger partial charge in [-0.15, -0.1) is 12.4 Å². The molecule has 1 saturated heterocycles. The molecule has 2 N–H and O–H groups in total. The van der Waals surface area contributed by atoms with Crippen LogP contribution in [0.4, 0.5) is 0 Å². The van der Waals surface area contributed by atoms with E-state index in [4.69, 9.17) is 9.47 Å². The van der Waals surface area contributed by atoms with Crippen molar-refractivity contribution >= 4 is 18.3 Å². The zero-order chi connectivity index (χ0) is 12.8. The minimum Gasteiger partial charge on any atom is -0.379 e. The summed E-state index contributed by atoms with van der Waals surface area (Å²) in [7, 11) is 1.62. The van der Waals surface area contributed by atoms with E-state index < -0.39 is 5.60 Å². The maximum atomic E-state index is 12.1. The molecule has 1 aliphatic heterocycles. The highest BCUT2D eigenvalue weighted by Gasteiger charge is 2.39. The fraction of sp³-hybridized carbons (Fsp3) is 0.923. The summed E-state index contributed by atoms with van der Waals surface area (Å²) in [5.41, 5.74) is -0.637. The molecule has 0 aromatic heterocycles. The van der Waals surface area contributed by atoms with Gasteiger partial charge in [-0.05, 0) is 44.7 Å². The Morgan fingerprint density at radius 1 is 1.37 bits per heavy atom. The Morgan fingerprint density at radius 3 is 2.63 bits per heavy atom. The molecule has 0 aromatic carbocycles. The van der Waals surface area contributed by atoms with Gasteiger partial charge in [0, 0.05) is 20.3 Å².